The Morgan fingerprint density at radius 1 is 0.970 bits per heavy atom. The fraction of sp³-hybridized carbons (Fsp3) is 0.308. The molecule has 1 amide bonds. The van der Waals surface area contributed by atoms with Gasteiger partial charge in [0.05, 0.1) is 6.04 Å². The molecule has 0 aliphatic carbocycles. The average Bonchev–Trinajstić information content (AvgIpc) is 3.39. The van der Waals surface area contributed by atoms with Gasteiger partial charge in [0.2, 0.25) is 11.9 Å². The highest BCUT2D eigenvalue weighted by atomic mass is 32.2. The number of hydrogen-bond donors (Lipinski definition) is 0. The van der Waals surface area contributed by atoms with Crippen molar-refractivity contribution in [3.63, 3.8) is 0 Å². The van der Waals surface area contributed by atoms with Crippen LogP contribution in [0.15, 0.2) is 83.1 Å². The molecule has 0 saturated carbocycles. The SMILES string of the molecule is O=C(C1CCN(c2nccc(SCc3ccccc3)n2)CC1)N1N=CC[C@H]1c1ccccc1. The average molecular weight is 458 g/mol. The van der Waals surface area contributed by atoms with E-state index >= 15 is 0 Å². The van der Waals surface area contributed by atoms with Gasteiger partial charge in [-0.25, -0.2) is 15.0 Å². The lowest BCUT2D eigenvalue weighted by Crippen LogP contribution is -2.41. The summed E-state index contributed by atoms with van der Waals surface area (Å²) in [4.78, 5) is 24.7. The first kappa shape index (κ1) is 21.6. The molecule has 1 aromatic heterocycles. The molecule has 1 saturated heterocycles. The molecule has 0 N–H and O–H groups in total. The number of aromatic nitrogens is 2. The van der Waals surface area contributed by atoms with Crippen LogP contribution in [-0.4, -0.2) is 40.2 Å². The van der Waals surface area contributed by atoms with Crippen LogP contribution in [0.2, 0.25) is 0 Å². The molecule has 0 spiro atoms. The first-order chi connectivity index (χ1) is 16.3. The fourth-order valence-corrected chi connectivity index (χ4v) is 5.20. The van der Waals surface area contributed by atoms with Gasteiger partial charge in [-0.3, -0.25) is 4.79 Å². The topological polar surface area (TPSA) is 61.7 Å². The first-order valence-corrected chi connectivity index (χ1v) is 12.4. The molecular weight excluding hydrogens is 430 g/mol. The van der Waals surface area contributed by atoms with Gasteiger partial charge in [0.15, 0.2) is 0 Å². The predicted octanol–water partition coefficient (Wildman–Crippen LogP) is 4.94. The Morgan fingerprint density at radius 3 is 2.45 bits per heavy atom. The van der Waals surface area contributed by atoms with Crippen molar-refractivity contribution in [3.8, 4) is 0 Å². The van der Waals surface area contributed by atoms with Gasteiger partial charge in [0.25, 0.3) is 0 Å². The number of rotatable bonds is 6. The summed E-state index contributed by atoms with van der Waals surface area (Å²) in [6, 6.07) is 22.5. The lowest BCUT2D eigenvalue weighted by atomic mass is 9.94. The summed E-state index contributed by atoms with van der Waals surface area (Å²) < 4.78 is 0. The Bertz CT molecular complexity index is 1100. The minimum atomic E-state index is -0.0154. The molecule has 0 unspecified atom stereocenters. The summed E-state index contributed by atoms with van der Waals surface area (Å²) in [6.45, 7) is 1.55. The number of hydrogen-bond acceptors (Lipinski definition) is 6. The second kappa shape index (κ2) is 10.2. The van der Waals surface area contributed by atoms with Gasteiger partial charge in [0.1, 0.15) is 5.03 Å². The third-order valence-electron chi connectivity index (χ3n) is 6.21. The van der Waals surface area contributed by atoms with Gasteiger partial charge in [-0.1, -0.05) is 60.7 Å². The summed E-state index contributed by atoms with van der Waals surface area (Å²) in [5.41, 5.74) is 2.42. The lowest BCUT2D eigenvalue weighted by molar-refractivity contribution is -0.138. The van der Waals surface area contributed by atoms with E-state index in [4.69, 9.17) is 4.98 Å². The molecule has 2 aromatic carbocycles. The molecule has 33 heavy (non-hydrogen) atoms. The minimum absolute atomic E-state index is 0.0124. The van der Waals surface area contributed by atoms with E-state index in [2.05, 4.69) is 51.4 Å². The molecular formula is C26H27N5OS. The van der Waals surface area contributed by atoms with E-state index in [1.165, 1.54) is 5.56 Å². The highest BCUT2D eigenvalue weighted by molar-refractivity contribution is 7.98. The Morgan fingerprint density at radius 2 is 1.70 bits per heavy atom. The van der Waals surface area contributed by atoms with Gasteiger partial charge in [-0.05, 0) is 30.0 Å². The molecule has 2 aliphatic heterocycles. The van der Waals surface area contributed by atoms with Crippen molar-refractivity contribution in [2.45, 2.75) is 36.1 Å². The fourth-order valence-electron chi connectivity index (χ4n) is 4.39. The second-order valence-corrected chi connectivity index (χ2v) is 9.37. The molecule has 2 aliphatic rings. The van der Waals surface area contributed by atoms with Crippen LogP contribution < -0.4 is 4.90 Å². The Balaban J connectivity index is 1.18. The van der Waals surface area contributed by atoms with Gasteiger partial charge in [-0.15, -0.1) is 11.8 Å². The number of amides is 1. The van der Waals surface area contributed by atoms with E-state index < -0.39 is 0 Å². The van der Waals surface area contributed by atoms with E-state index in [1.807, 2.05) is 42.7 Å². The molecule has 5 rings (SSSR count). The maximum atomic E-state index is 13.3. The summed E-state index contributed by atoms with van der Waals surface area (Å²) in [6.07, 6.45) is 6.04. The number of nitrogens with zero attached hydrogens (tertiary/aromatic N) is 5. The van der Waals surface area contributed by atoms with Crippen LogP contribution in [0.1, 0.15) is 36.4 Å². The highest BCUT2D eigenvalue weighted by Gasteiger charge is 2.35. The van der Waals surface area contributed by atoms with Crippen molar-refractivity contribution in [2.75, 3.05) is 18.0 Å². The largest absolute Gasteiger partial charge is 0.341 e. The van der Waals surface area contributed by atoms with Crippen molar-refractivity contribution >= 4 is 29.8 Å². The molecule has 3 heterocycles. The Labute approximate surface area is 198 Å². The number of thioether (sulfide) groups is 1. The summed E-state index contributed by atoms with van der Waals surface area (Å²) in [5, 5.41) is 7.09. The normalized spacial score (nSPS) is 18.6. The quantitative estimate of drug-likeness (QED) is 0.387. The monoisotopic (exact) mass is 457 g/mol. The van der Waals surface area contributed by atoms with E-state index in [0.29, 0.717) is 0 Å². The Hall–Kier alpha value is -3.19. The lowest BCUT2D eigenvalue weighted by Gasteiger charge is -2.33. The van der Waals surface area contributed by atoms with Gasteiger partial charge < -0.3 is 4.90 Å². The maximum Gasteiger partial charge on any atom is 0.246 e. The van der Waals surface area contributed by atoms with Gasteiger partial charge in [-0.2, -0.15) is 5.10 Å². The number of benzene rings is 2. The molecule has 0 radical (unpaired) electrons. The molecule has 168 valence electrons. The highest BCUT2D eigenvalue weighted by Crippen LogP contribution is 2.32. The maximum absolute atomic E-state index is 13.3. The van der Waals surface area contributed by atoms with Crippen LogP contribution in [0, 0.1) is 5.92 Å². The van der Waals surface area contributed by atoms with Gasteiger partial charge in [0, 0.05) is 43.6 Å². The third kappa shape index (κ3) is 5.09. The number of anilines is 1. The Kier molecular flexibility index (Phi) is 6.67. The number of carbonyl (C=O) groups excluding carboxylic acids is 1. The smallest absolute Gasteiger partial charge is 0.246 e. The number of carbonyl (C=O) groups is 1. The zero-order valence-electron chi connectivity index (χ0n) is 18.5. The van der Waals surface area contributed by atoms with Crippen LogP contribution in [0.5, 0.6) is 0 Å². The minimum Gasteiger partial charge on any atom is -0.341 e. The molecule has 3 aromatic rings. The first-order valence-electron chi connectivity index (χ1n) is 11.4. The number of hydrazone groups is 1. The van der Waals surface area contributed by atoms with E-state index in [9.17, 15) is 4.79 Å². The molecule has 0 bridgehead atoms. The van der Waals surface area contributed by atoms with Gasteiger partial charge >= 0.3 is 0 Å². The standard InChI is InChI=1S/C26H27N5OS/c32-25(31-23(11-16-28-31)21-9-5-2-6-10-21)22-13-17-30(18-14-22)26-27-15-12-24(29-26)33-19-20-7-3-1-4-8-20/h1-10,12,15-16,22-23H,11,13-14,17-19H2/t23-/m0/s1. The van der Waals surface area contributed by atoms with Crippen molar-refractivity contribution in [3.05, 3.63) is 84.1 Å². The van der Waals surface area contributed by atoms with Crippen molar-refractivity contribution in [1.82, 2.24) is 15.0 Å². The second-order valence-electron chi connectivity index (χ2n) is 8.37. The van der Waals surface area contributed by atoms with Crippen LogP contribution in [0.25, 0.3) is 0 Å². The van der Waals surface area contributed by atoms with Crippen LogP contribution in [-0.2, 0) is 10.5 Å². The molecule has 1 atom stereocenters. The van der Waals surface area contributed by atoms with Crippen LogP contribution >= 0.6 is 11.8 Å². The van der Waals surface area contributed by atoms with E-state index in [0.717, 1.165) is 54.6 Å². The molecule has 7 heteroatoms. The third-order valence-corrected chi connectivity index (χ3v) is 7.21. The number of piperidine rings is 1. The van der Waals surface area contributed by atoms with E-state index in [-0.39, 0.29) is 17.9 Å². The van der Waals surface area contributed by atoms with Crippen molar-refractivity contribution in [1.29, 1.82) is 0 Å². The van der Waals surface area contributed by atoms with Crippen molar-refractivity contribution < 1.29 is 4.79 Å². The molecule has 6 nitrogen and oxygen atoms in total. The summed E-state index contributed by atoms with van der Waals surface area (Å²) in [5.74, 6) is 1.75. The summed E-state index contributed by atoms with van der Waals surface area (Å²) in [7, 11) is 0. The predicted molar refractivity (Wildman–Crippen MR) is 132 cm³/mol. The van der Waals surface area contributed by atoms with E-state index in [1.54, 1.807) is 16.8 Å². The van der Waals surface area contributed by atoms with Crippen LogP contribution in [0.4, 0.5) is 5.95 Å². The molecule has 1 fully saturated rings. The zero-order valence-corrected chi connectivity index (χ0v) is 19.3. The van der Waals surface area contributed by atoms with Crippen LogP contribution in [0.3, 0.4) is 0 Å². The van der Waals surface area contributed by atoms with Crippen molar-refractivity contribution in [2.24, 2.45) is 11.0 Å². The zero-order chi connectivity index (χ0) is 22.5. The summed E-state index contributed by atoms with van der Waals surface area (Å²) >= 11 is 1.72.